The molecule has 190 valence electrons. The first-order chi connectivity index (χ1) is 16.6. The van der Waals surface area contributed by atoms with Crippen LogP contribution >= 0.6 is 0 Å². The molecule has 3 aliphatic rings. The van der Waals surface area contributed by atoms with Crippen LogP contribution in [-0.4, -0.2) is 61.5 Å². The van der Waals surface area contributed by atoms with Crippen molar-refractivity contribution in [2.75, 3.05) is 29.8 Å². The Labute approximate surface area is 204 Å². The number of aromatic nitrogens is 2. The van der Waals surface area contributed by atoms with Crippen LogP contribution in [-0.2, 0) is 42.9 Å². The number of likely N-dealkylation sites (N-methyl/N-ethyl adjacent to an activating group) is 1. The van der Waals surface area contributed by atoms with Crippen LogP contribution in [0.2, 0.25) is 0 Å². The summed E-state index contributed by atoms with van der Waals surface area (Å²) in [5.41, 5.74) is 5.12. The van der Waals surface area contributed by atoms with Crippen molar-refractivity contribution >= 4 is 27.6 Å². The van der Waals surface area contributed by atoms with Gasteiger partial charge < -0.3 is 5.21 Å². The number of nitrogens with zero attached hydrogens (tertiary/aromatic N) is 4. The number of hydrogen-bond donors (Lipinski definition) is 2. The van der Waals surface area contributed by atoms with Crippen molar-refractivity contribution in [1.29, 1.82) is 0 Å². The monoisotopic (exact) mass is 506 g/mol. The number of nitrogens with one attached hydrogen (secondary N) is 2. The molecule has 0 saturated carbocycles. The van der Waals surface area contributed by atoms with Crippen LogP contribution in [0.5, 0.6) is 0 Å². The number of rotatable bonds is 6. The Morgan fingerprint density at radius 2 is 1.89 bits per heavy atom. The molecule has 10 nitrogen and oxygen atoms in total. The van der Waals surface area contributed by atoms with Crippen LogP contribution < -0.4 is 14.1 Å². The highest BCUT2D eigenvalue weighted by atomic mass is 32.2. The molecule has 35 heavy (non-hydrogen) atoms. The molecule has 2 aliphatic carbocycles. The second-order valence-corrected chi connectivity index (χ2v) is 11.6. The minimum absolute atomic E-state index is 0.144. The number of aryl methyl sites for hydroxylation is 3. The van der Waals surface area contributed by atoms with Gasteiger partial charge in [-0.25, -0.2) is 13.5 Å². The summed E-state index contributed by atoms with van der Waals surface area (Å²) in [5, 5.41) is 19.9. The van der Waals surface area contributed by atoms with Crippen LogP contribution in [0.1, 0.15) is 41.5 Å². The fourth-order valence-corrected chi connectivity index (χ4v) is 6.87. The fraction of sp³-hybridized carbons (Fsp3) is 0.565. The second-order valence-electron chi connectivity index (χ2n) is 9.81. The summed E-state index contributed by atoms with van der Waals surface area (Å²) >= 11 is 0. The predicted octanol–water partition coefficient (Wildman–Crippen LogP) is 1.11. The van der Waals surface area contributed by atoms with Crippen LogP contribution in [0.15, 0.2) is 18.5 Å². The normalized spacial score (nSPS) is 22.7. The van der Waals surface area contributed by atoms with Crippen molar-refractivity contribution in [3.63, 3.8) is 0 Å². The molecule has 2 aromatic rings. The molecule has 5 rings (SSSR count). The SMILES string of the molecule is CN1C[C@H](F)C[C@@H]1CN(c1cnn(C)c1)S(=O)(=O)[NH+]([O-])C(=O)Nc1c2c(cc3c1CCC3)CCC2. The van der Waals surface area contributed by atoms with E-state index in [2.05, 4.69) is 16.5 Å². The summed E-state index contributed by atoms with van der Waals surface area (Å²) in [6.07, 6.45) is 7.19. The number of likely N-dealkylation sites (tertiary alicyclic amines) is 1. The third kappa shape index (κ3) is 4.44. The number of hydrogen-bond acceptors (Lipinski definition) is 6. The molecule has 2 amide bonds. The van der Waals surface area contributed by atoms with Crippen LogP contribution in [0.25, 0.3) is 0 Å². The Bertz CT molecular complexity index is 1220. The molecule has 2 N–H and O–H groups in total. The van der Waals surface area contributed by atoms with Crippen molar-refractivity contribution in [1.82, 2.24) is 14.7 Å². The van der Waals surface area contributed by atoms with Crippen LogP contribution in [0.3, 0.4) is 0 Å². The molecule has 3 atom stereocenters. The van der Waals surface area contributed by atoms with E-state index in [0.29, 0.717) is 5.69 Å². The van der Waals surface area contributed by atoms with Gasteiger partial charge in [-0.3, -0.25) is 14.9 Å². The number of anilines is 2. The van der Waals surface area contributed by atoms with Crippen molar-refractivity contribution in [3.05, 3.63) is 45.9 Å². The summed E-state index contributed by atoms with van der Waals surface area (Å²) < 4.78 is 41.7. The van der Waals surface area contributed by atoms with Crippen molar-refractivity contribution in [2.24, 2.45) is 7.05 Å². The summed E-state index contributed by atoms with van der Waals surface area (Å²) in [6.45, 7) is 0.0321. The van der Waals surface area contributed by atoms with Gasteiger partial charge in [0.1, 0.15) is 6.17 Å². The lowest BCUT2D eigenvalue weighted by atomic mass is 9.99. The van der Waals surface area contributed by atoms with Gasteiger partial charge in [0.05, 0.1) is 24.1 Å². The molecule has 0 radical (unpaired) electrons. The van der Waals surface area contributed by atoms with Gasteiger partial charge in [0.15, 0.2) is 0 Å². The highest BCUT2D eigenvalue weighted by Crippen LogP contribution is 2.38. The lowest BCUT2D eigenvalue weighted by molar-refractivity contribution is -0.604. The standard InChI is InChI=1S/C23H31FN6O4S/c1-27-12-17(24)10-18(27)14-29(19-11-25-28(2)13-19)35(33,34)30(32)23(31)26-22-20-7-3-5-15(20)9-16-6-4-8-21(16)22/h9,11,13,17-18,30H,3-8,10,12,14H2,1-2H3,(H,26,31)/t17-,18-/m1/s1. The molecule has 0 bridgehead atoms. The number of carbonyl (C=O) groups excluding carboxylic acids is 1. The van der Waals surface area contributed by atoms with Crippen molar-refractivity contribution < 1.29 is 22.1 Å². The van der Waals surface area contributed by atoms with E-state index in [1.807, 2.05) is 0 Å². The summed E-state index contributed by atoms with van der Waals surface area (Å²) in [6, 6.07) is 0.590. The summed E-state index contributed by atoms with van der Waals surface area (Å²) in [7, 11) is -1.40. The molecule has 12 heteroatoms. The maximum Gasteiger partial charge on any atom is 0.436 e. The van der Waals surface area contributed by atoms with Gasteiger partial charge in [-0.2, -0.15) is 18.0 Å². The number of urea groups is 1. The Kier molecular flexibility index (Phi) is 6.32. The minimum atomic E-state index is -4.74. The van der Waals surface area contributed by atoms with E-state index in [-0.39, 0.29) is 25.2 Å². The van der Waals surface area contributed by atoms with E-state index in [9.17, 15) is 22.8 Å². The number of halogens is 1. The first-order valence-corrected chi connectivity index (χ1v) is 13.5. The lowest BCUT2D eigenvalue weighted by Crippen LogP contribution is -3.14. The van der Waals surface area contributed by atoms with Gasteiger partial charge in [-0.1, -0.05) is 6.07 Å². The second kappa shape index (κ2) is 9.16. The topological polar surface area (TPSA) is 115 Å². The molecule has 1 aliphatic heterocycles. The number of quaternary nitrogens is 1. The molecule has 1 aromatic heterocycles. The number of benzene rings is 1. The maximum atomic E-state index is 14.0. The fourth-order valence-electron chi connectivity index (χ4n) is 5.64. The quantitative estimate of drug-likeness (QED) is 0.567. The zero-order chi connectivity index (χ0) is 24.9. The Balaban J connectivity index is 1.43. The smallest absolute Gasteiger partial charge is 0.436 e. The number of amides is 2. The molecule has 1 unspecified atom stereocenters. The summed E-state index contributed by atoms with van der Waals surface area (Å²) in [5.74, 6) is 0. The highest BCUT2D eigenvalue weighted by molar-refractivity contribution is 7.86. The molecule has 0 spiro atoms. The third-order valence-corrected chi connectivity index (χ3v) is 9.01. The number of hydroxylamine groups is 1. The first kappa shape index (κ1) is 24.2. The lowest BCUT2D eigenvalue weighted by Gasteiger charge is -2.31. The molecule has 2 heterocycles. The van der Waals surface area contributed by atoms with Crippen LogP contribution in [0.4, 0.5) is 20.6 Å². The maximum absolute atomic E-state index is 14.0. The molecule has 1 fully saturated rings. The molecular weight excluding hydrogens is 475 g/mol. The first-order valence-electron chi connectivity index (χ1n) is 12.0. The third-order valence-electron chi connectivity index (χ3n) is 7.41. The van der Waals surface area contributed by atoms with Gasteiger partial charge in [0.25, 0.3) is 0 Å². The highest BCUT2D eigenvalue weighted by Gasteiger charge is 2.40. The zero-order valence-electron chi connectivity index (χ0n) is 20.0. The van der Waals surface area contributed by atoms with E-state index in [4.69, 9.17) is 0 Å². The van der Waals surface area contributed by atoms with Gasteiger partial charge in [-0.15, -0.1) is 0 Å². The number of alkyl halides is 1. The Morgan fingerprint density at radius 3 is 2.43 bits per heavy atom. The van der Waals surface area contributed by atoms with E-state index >= 15 is 0 Å². The van der Waals surface area contributed by atoms with E-state index in [1.165, 1.54) is 28.2 Å². The van der Waals surface area contributed by atoms with Crippen LogP contribution in [0, 0.1) is 5.21 Å². The average molecular weight is 507 g/mol. The van der Waals surface area contributed by atoms with E-state index in [1.54, 1.807) is 19.0 Å². The Morgan fingerprint density at radius 1 is 1.23 bits per heavy atom. The van der Waals surface area contributed by atoms with Crippen molar-refractivity contribution in [2.45, 2.75) is 57.2 Å². The summed E-state index contributed by atoms with van der Waals surface area (Å²) in [4.78, 5) is 14.8. The largest absolute Gasteiger partial charge is 0.608 e. The van der Waals surface area contributed by atoms with Crippen molar-refractivity contribution in [3.8, 4) is 0 Å². The van der Waals surface area contributed by atoms with Gasteiger partial charge in [-0.05, 0) is 74.2 Å². The van der Waals surface area contributed by atoms with Gasteiger partial charge >= 0.3 is 16.2 Å². The molecule has 1 saturated heterocycles. The van der Waals surface area contributed by atoms with Gasteiger partial charge in [0, 0.05) is 25.8 Å². The predicted molar refractivity (Wildman–Crippen MR) is 129 cm³/mol. The van der Waals surface area contributed by atoms with Gasteiger partial charge in [0.2, 0.25) is 0 Å². The zero-order valence-corrected chi connectivity index (χ0v) is 20.8. The van der Waals surface area contributed by atoms with E-state index in [0.717, 1.165) is 54.0 Å². The minimum Gasteiger partial charge on any atom is -0.608 e. The Hall–Kier alpha value is -2.54. The molecule has 1 aromatic carbocycles. The number of carbonyl (C=O) groups is 1. The number of fused-ring (bicyclic) bond motifs is 2. The molecular formula is C23H31FN6O4S. The van der Waals surface area contributed by atoms with E-state index < -0.39 is 32.9 Å². The average Bonchev–Trinajstić information content (AvgIpc) is 3.59.